The number of hydrogen-bond donors (Lipinski definition) is 0. The van der Waals surface area contributed by atoms with Crippen molar-refractivity contribution in [1.82, 2.24) is 4.90 Å². The van der Waals surface area contributed by atoms with Crippen LogP contribution in [0.3, 0.4) is 0 Å². The minimum Gasteiger partial charge on any atom is -0.479 e. The summed E-state index contributed by atoms with van der Waals surface area (Å²) in [5.74, 6) is 0.180. The Bertz CT molecular complexity index is 937. The lowest BCUT2D eigenvalue weighted by molar-refractivity contribution is -0.145. The quantitative estimate of drug-likeness (QED) is 0.573. The summed E-state index contributed by atoms with van der Waals surface area (Å²) in [6.07, 6.45) is -2.51. The Balaban J connectivity index is 1.59. The van der Waals surface area contributed by atoms with Gasteiger partial charge < -0.3 is 9.47 Å². The molecule has 0 unspecified atom stereocenters. The predicted molar refractivity (Wildman–Crippen MR) is 112 cm³/mol. The highest BCUT2D eigenvalue weighted by atomic mass is 19.4. The number of piperidine rings is 1. The van der Waals surface area contributed by atoms with E-state index in [9.17, 15) is 18.0 Å². The fourth-order valence-electron chi connectivity index (χ4n) is 4.07. The first-order valence-corrected chi connectivity index (χ1v) is 10.4. The maximum absolute atomic E-state index is 12.9. The van der Waals surface area contributed by atoms with Crippen molar-refractivity contribution in [2.45, 2.75) is 31.5 Å². The van der Waals surface area contributed by atoms with Gasteiger partial charge in [-0.1, -0.05) is 24.3 Å². The maximum Gasteiger partial charge on any atom is 0.416 e. The van der Waals surface area contributed by atoms with Gasteiger partial charge in [-0.05, 0) is 61.8 Å². The van der Waals surface area contributed by atoms with E-state index in [1.807, 2.05) is 13.1 Å². The molecule has 0 aromatic heterocycles. The van der Waals surface area contributed by atoms with Gasteiger partial charge in [0.05, 0.1) is 18.6 Å². The third-order valence-electron chi connectivity index (χ3n) is 5.62. The van der Waals surface area contributed by atoms with Crippen molar-refractivity contribution in [3.8, 4) is 11.8 Å². The molecule has 1 fully saturated rings. The van der Waals surface area contributed by atoms with Gasteiger partial charge in [0.1, 0.15) is 11.8 Å². The molecule has 1 saturated heterocycles. The number of alkyl halides is 3. The minimum atomic E-state index is -4.37. The van der Waals surface area contributed by atoms with E-state index < -0.39 is 11.7 Å². The summed E-state index contributed by atoms with van der Waals surface area (Å²) in [5, 5.41) is 8.54. The number of halogens is 3. The fourth-order valence-corrected chi connectivity index (χ4v) is 4.07. The van der Waals surface area contributed by atoms with Gasteiger partial charge in [-0.15, -0.1) is 0 Å². The summed E-state index contributed by atoms with van der Waals surface area (Å²) < 4.78 is 49.4. The number of ether oxygens (including phenoxy) is 2. The van der Waals surface area contributed by atoms with Crippen LogP contribution < -0.4 is 4.74 Å². The molecule has 5 nitrogen and oxygen atoms in total. The van der Waals surface area contributed by atoms with E-state index in [1.54, 1.807) is 24.3 Å². The average molecular weight is 446 g/mol. The highest BCUT2D eigenvalue weighted by Gasteiger charge is 2.33. The molecule has 1 heterocycles. The molecule has 2 atom stereocenters. The monoisotopic (exact) mass is 446 g/mol. The lowest BCUT2D eigenvalue weighted by atomic mass is 9.85. The van der Waals surface area contributed by atoms with Crippen LogP contribution in [-0.2, 0) is 22.1 Å². The first-order chi connectivity index (χ1) is 15.3. The smallest absolute Gasteiger partial charge is 0.416 e. The first-order valence-electron chi connectivity index (χ1n) is 10.4. The van der Waals surface area contributed by atoms with E-state index >= 15 is 0 Å². The van der Waals surface area contributed by atoms with Crippen LogP contribution in [0, 0.1) is 17.2 Å². The zero-order valence-corrected chi connectivity index (χ0v) is 17.8. The number of carbonyl (C=O) groups excluding carboxylic acids is 1. The van der Waals surface area contributed by atoms with E-state index in [2.05, 4.69) is 4.90 Å². The number of esters is 1. The summed E-state index contributed by atoms with van der Waals surface area (Å²) >= 11 is 0. The second-order valence-electron chi connectivity index (χ2n) is 7.90. The van der Waals surface area contributed by atoms with Crippen LogP contribution in [0.25, 0.3) is 0 Å². The number of benzene rings is 2. The van der Waals surface area contributed by atoms with Crippen LogP contribution in [0.5, 0.6) is 5.75 Å². The van der Waals surface area contributed by atoms with E-state index in [4.69, 9.17) is 14.7 Å². The SMILES string of the molecule is CN1CCC[C@H](COC(=O)Cc2ccc(OCC#N)cc2)[C@H]1c1ccc(C(F)(F)F)cc1. The molecule has 3 rings (SSSR count). The molecule has 32 heavy (non-hydrogen) atoms. The second-order valence-corrected chi connectivity index (χ2v) is 7.90. The molecule has 1 aliphatic rings. The molecule has 0 saturated carbocycles. The van der Waals surface area contributed by atoms with Crippen molar-refractivity contribution < 1.29 is 27.4 Å². The van der Waals surface area contributed by atoms with Gasteiger partial charge in [-0.3, -0.25) is 9.69 Å². The van der Waals surface area contributed by atoms with Crippen LogP contribution in [0.1, 0.15) is 35.6 Å². The molecule has 2 aromatic rings. The molecule has 0 radical (unpaired) electrons. The Hall–Kier alpha value is -3.05. The van der Waals surface area contributed by atoms with Crippen LogP contribution >= 0.6 is 0 Å². The van der Waals surface area contributed by atoms with Gasteiger partial charge in [-0.25, -0.2) is 0 Å². The lowest BCUT2D eigenvalue weighted by Crippen LogP contribution is -2.38. The van der Waals surface area contributed by atoms with Gasteiger partial charge in [-0.2, -0.15) is 18.4 Å². The van der Waals surface area contributed by atoms with E-state index in [1.165, 1.54) is 12.1 Å². The van der Waals surface area contributed by atoms with Crippen molar-refractivity contribution in [3.63, 3.8) is 0 Å². The number of hydrogen-bond acceptors (Lipinski definition) is 5. The Morgan fingerprint density at radius 1 is 1.16 bits per heavy atom. The third-order valence-corrected chi connectivity index (χ3v) is 5.62. The molecule has 0 aliphatic carbocycles. The lowest BCUT2D eigenvalue weighted by Gasteiger charge is -2.39. The highest BCUT2D eigenvalue weighted by Crippen LogP contribution is 2.37. The fraction of sp³-hybridized carbons (Fsp3) is 0.417. The van der Waals surface area contributed by atoms with E-state index in [0.29, 0.717) is 5.75 Å². The van der Waals surface area contributed by atoms with Crippen LogP contribution in [0.2, 0.25) is 0 Å². The van der Waals surface area contributed by atoms with E-state index in [-0.39, 0.29) is 37.6 Å². The Kier molecular flexibility index (Phi) is 7.75. The van der Waals surface area contributed by atoms with Gasteiger partial charge in [0.15, 0.2) is 6.61 Å². The van der Waals surface area contributed by atoms with Gasteiger partial charge in [0, 0.05) is 12.0 Å². The van der Waals surface area contributed by atoms with Crippen molar-refractivity contribution in [1.29, 1.82) is 5.26 Å². The van der Waals surface area contributed by atoms with Crippen molar-refractivity contribution >= 4 is 5.97 Å². The zero-order valence-electron chi connectivity index (χ0n) is 17.8. The first kappa shape index (κ1) is 23.6. The summed E-state index contributed by atoms with van der Waals surface area (Å²) in [7, 11) is 1.94. The molecular weight excluding hydrogens is 421 g/mol. The Morgan fingerprint density at radius 3 is 2.47 bits per heavy atom. The standard InChI is InChI=1S/C24H25F3N2O3/c1-29-13-2-3-19(23(29)18-6-8-20(9-7-18)24(25,26)27)16-32-22(30)15-17-4-10-21(11-5-17)31-14-12-28/h4-11,19,23H,2-3,13-16H2,1H3/t19-,23-/m1/s1. The average Bonchev–Trinajstić information content (AvgIpc) is 2.77. The molecule has 0 amide bonds. The second kappa shape index (κ2) is 10.5. The molecule has 1 aliphatic heterocycles. The number of nitriles is 1. The molecule has 8 heteroatoms. The third kappa shape index (κ3) is 6.24. The summed E-state index contributed by atoms with van der Waals surface area (Å²) in [5.41, 5.74) is 0.875. The molecule has 0 bridgehead atoms. The van der Waals surface area contributed by atoms with Gasteiger partial charge in [0.25, 0.3) is 0 Å². The maximum atomic E-state index is 12.9. The summed E-state index contributed by atoms with van der Waals surface area (Å²) in [6, 6.07) is 13.9. The van der Waals surface area contributed by atoms with Crippen molar-refractivity contribution in [2.24, 2.45) is 5.92 Å². The number of carbonyl (C=O) groups is 1. The Morgan fingerprint density at radius 2 is 1.84 bits per heavy atom. The molecule has 2 aromatic carbocycles. The number of nitrogens with zero attached hydrogens (tertiary/aromatic N) is 2. The summed E-state index contributed by atoms with van der Waals surface area (Å²) in [4.78, 5) is 14.5. The van der Waals surface area contributed by atoms with Gasteiger partial charge in [0.2, 0.25) is 0 Å². The zero-order chi connectivity index (χ0) is 23.1. The van der Waals surface area contributed by atoms with Gasteiger partial charge >= 0.3 is 12.1 Å². The Labute approximate surface area is 185 Å². The number of likely N-dealkylation sites (tertiary alicyclic amines) is 1. The topological polar surface area (TPSA) is 62.6 Å². The van der Waals surface area contributed by atoms with Crippen LogP contribution in [0.4, 0.5) is 13.2 Å². The number of rotatable bonds is 7. The summed E-state index contributed by atoms with van der Waals surface area (Å²) in [6.45, 7) is 0.992. The van der Waals surface area contributed by atoms with Crippen LogP contribution in [-0.4, -0.2) is 37.7 Å². The predicted octanol–water partition coefficient (Wildman–Crippen LogP) is 4.78. The highest BCUT2D eigenvalue weighted by molar-refractivity contribution is 5.72. The molecule has 0 spiro atoms. The normalized spacial score (nSPS) is 19.2. The van der Waals surface area contributed by atoms with Crippen molar-refractivity contribution in [3.05, 3.63) is 65.2 Å². The molecule has 0 N–H and O–H groups in total. The largest absolute Gasteiger partial charge is 0.479 e. The minimum absolute atomic E-state index is 0.00352. The van der Waals surface area contributed by atoms with Crippen LogP contribution in [0.15, 0.2) is 48.5 Å². The van der Waals surface area contributed by atoms with E-state index in [0.717, 1.165) is 42.6 Å². The molecule has 170 valence electrons. The molecular formula is C24H25F3N2O3. The van der Waals surface area contributed by atoms with Crippen molar-refractivity contribution in [2.75, 3.05) is 26.8 Å².